The standard InChI is InChI=1S/C11H14N4S2/c12-10-9(7-1-2-7)11(17-15-10)14-4-3-8-13-5-6-16-8/h5-7,14H,1-4H2,(H2,12,15). The van der Waals surface area contributed by atoms with Gasteiger partial charge in [0.1, 0.15) is 10.8 Å². The second-order valence-corrected chi connectivity index (χ2v) is 5.94. The molecule has 1 aliphatic rings. The fourth-order valence-electron chi connectivity index (χ4n) is 1.86. The van der Waals surface area contributed by atoms with Crippen molar-refractivity contribution in [3.8, 4) is 0 Å². The molecule has 2 heterocycles. The molecule has 0 spiro atoms. The van der Waals surface area contributed by atoms with Gasteiger partial charge in [0.2, 0.25) is 0 Å². The molecule has 1 saturated carbocycles. The Morgan fingerprint density at radius 1 is 1.47 bits per heavy atom. The first-order valence-electron chi connectivity index (χ1n) is 5.72. The summed E-state index contributed by atoms with van der Waals surface area (Å²) in [6.45, 7) is 0.898. The highest BCUT2D eigenvalue weighted by Crippen LogP contribution is 2.47. The van der Waals surface area contributed by atoms with Gasteiger partial charge in [-0.05, 0) is 30.3 Å². The summed E-state index contributed by atoms with van der Waals surface area (Å²) in [5, 5.41) is 7.77. The Kier molecular flexibility index (Phi) is 2.98. The van der Waals surface area contributed by atoms with Gasteiger partial charge in [-0.15, -0.1) is 11.3 Å². The van der Waals surface area contributed by atoms with E-state index in [0.29, 0.717) is 11.7 Å². The van der Waals surface area contributed by atoms with Crippen LogP contribution in [0.1, 0.15) is 29.3 Å². The van der Waals surface area contributed by atoms with E-state index in [2.05, 4.69) is 14.7 Å². The maximum Gasteiger partial charge on any atom is 0.142 e. The summed E-state index contributed by atoms with van der Waals surface area (Å²) in [5.74, 6) is 1.37. The molecule has 3 N–H and O–H groups in total. The van der Waals surface area contributed by atoms with Crippen LogP contribution >= 0.6 is 22.9 Å². The molecular formula is C11H14N4S2. The smallest absolute Gasteiger partial charge is 0.142 e. The summed E-state index contributed by atoms with van der Waals surface area (Å²) in [5.41, 5.74) is 7.14. The number of aromatic nitrogens is 2. The van der Waals surface area contributed by atoms with Crippen molar-refractivity contribution >= 4 is 33.7 Å². The van der Waals surface area contributed by atoms with Gasteiger partial charge in [-0.1, -0.05) is 0 Å². The monoisotopic (exact) mass is 266 g/mol. The number of thiazole rings is 1. The number of nitrogens with zero attached hydrogens (tertiary/aromatic N) is 2. The molecule has 0 unspecified atom stereocenters. The summed E-state index contributed by atoms with van der Waals surface area (Å²) in [6.07, 6.45) is 5.31. The van der Waals surface area contributed by atoms with Crippen molar-refractivity contribution in [1.29, 1.82) is 0 Å². The van der Waals surface area contributed by atoms with E-state index >= 15 is 0 Å². The Morgan fingerprint density at radius 2 is 2.35 bits per heavy atom. The highest BCUT2D eigenvalue weighted by molar-refractivity contribution is 7.10. The third kappa shape index (κ3) is 2.42. The molecule has 0 saturated heterocycles. The lowest BCUT2D eigenvalue weighted by molar-refractivity contribution is 0.995. The van der Waals surface area contributed by atoms with Gasteiger partial charge in [0, 0.05) is 30.1 Å². The quantitative estimate of drug-likeness (QED) is 0.873. The topological polar surface area (TPSA) is 63.8 Å². The molecule has 0 aliphatic heterocycles. The molecule has 0 amide bonds. The Balaban J connectivity index is 1.61. The summed E-state index contributed by atoms with van der Waals surface area (Å²) in [7, 11) is 0. The Labute approximate surface area is 108 Å². The van der Waals surface area contributed by atoms with Gasteiger partial charge in [-0.3, -0.25) is 0 Å². The normalized spacial score (nSPS) is 15.1. The van der Waals surface area contributed by atoms with Crippen LogP contribution in [0.25, 0.3) is 0 Å². The van der Waals surface area contributed by atoms with Crippen LogP contribution in [0.4, 0.5) is 10.8 Å². The Morgan fingerprint density at radius 3 is 3.06 bits per heavy atom. The van der Waals surface area contributed by atoms with Crippen molar-refractivity contribution in [3.05, 3.63) is 22.1 Å². The van der Waals surface area contributed by atoms with E-state index in [1.165, 1.54) is 34.9 Å². The lowest BCUT2D eigenvalue weighted by Gasteiger charge is -2.04. The van der Waals surface area contributed by atoms with Gasteiger partial charge in [0.05, 0.1) is 5.01 Å². The highest BCUT2D eigenvalue weighted by atomic mass is 32.1. The van der Waals surface area contributed by atoms with Crippen molar-refractivity contribution in [1.82, 2.24) is 9.36 Å². The van der Waals surface area contributed by atoms with E-state index in [0.717, 1.165) is 18.0 Å². The lowest BCUT2D eigenvalue weighted by Crippen LogP contribution is -2.05. The first kappa shape index (κ1) is 11.0. The number of nitrogen functional groups attached to an aromatic ring is 1. The summed E-state index contributed by atoms with van der Waals surface area (Å²) < 4.78 is 4.24. The molecular weight excluding hydrogens is 252 g/mol. The fraction of sp³-hybridized carbons (Fsp3) is 0.455. The SMILES string of the molecule is Nc1nsc(NCCc2nccs2)c1C1CC1. The van der Waals surface area contributed by atoms with Crippen LogP contribution in [0.15, 0.2) is 11.6 Å². The zero-order valence-electron chi connectivity index (χ0n) is 9.35. The van der Waals surface area contributed by atoms with Crippen LogP contribution in [-0.2, 0) is 6.42 Å². The first-order chi connectivity index (χ1) is 8.34. The molecule has 3 rings (SSSR count). The molecule has 0 radical (unpaired) electrons. The largest absolute Gasteiger partial charge is 0.383 e. The lowest BCUT2D eigenvalue weighted by atomic mass is 10.2. The van der Waals surface area contributed by atoms with Crippen molar-refractivity contribution in [2.75, 3.05) is 17.6 Å². The number of nitrogens with one attached hydrogen (secondary N) is 1. The van der Waals surface area contributed by atoms with E-state index in [4.69, 9.17) is 5.73 Å². The zero-order valence-corrected chi connectivity index (χ0v) is 11.0. The number of anilines is 2. The minimum Gasteiger partial charge on any atom is -0.383 e. The van der Waals surface area contributed by atoms with Crippen molar-refractivity contribution in [2.45, 2.75) is 25.2 Å². The second kappa shape index (κ2) is 4.62. The van der Waals surface area contributed by atoms with E-state index in [1.807, 2.05) is 11.6 Å². The molecule has 4 nitrogen and oxygen atoms in total. The molecule has 2 aromatic rings. The maximum atomic E-state index is 5.90. The van der Waals surface area contributed by atoms with Crippen molar-refractivity contribution < 1.29 is 0 Å². The summed E-state index contributed by atoms with van der Waals surface area (Å²) >= 11 is 3.18. The number of hydrogen-bond donors (Lipinski definition) is 2. The molecule has 1 fully saturated rings. The summed E-state index contributed by atoms with van der Waals surface area (Å²) in [4.78, 5) is 4.26. The Bertz CT molecular complexity index is 488. The van der Waals surface area contributed by atoms with Crippen LogP contribution < -0.4 is 11.1 Å². The van der Waals surface area contributed by atoms with Gasteiger partial charge in [-0.2, -0.15) is 4.37 Å². The molecule has 6 heteroatoms. The van der Waals surface area contributed by atoms with Crippen molar-refractivity contribution in [2.24, 2.45) is 0 Å². The predicted molar refractivity (Wildman–Crippen MR) is 72.8 cm³/mol. The summed E-state index contributed by atoms with van der Waals surface area (Å²) in [6, 6.07) is 0. The van der Waals surface area contributed by atoms with Gasteiger partial charge in [0.15, 0.2) is 0 Å². The van der Waals surface area contributed by atoms with Gasteiger partial charge in [0.25, 0.3) is 0 Å². The maximum absolute atomic E-state index is 5.90. The van der Waals surface area contributed by atoms with Gasteiger partial charge >= 0.3 is 0 Å². The second-order valence-electron chi connectivity index (χ2n) is 4.19. The Hall–Kier alpha value is -1.14. The van der Waals surface area contributed by atoms with Crippen LogP contribution in [0.3, 0.4) is 0 Å². The number of nitrogens with two attached hydrogens (primary N) is 1. The number of hydrogen-bond acceptors (Lipinski definition) is 6. The van der Waals surface area contributed by atoms with E-state index < -0.39 is 0 Å². The molecule has 0 atom stereocenters. The molecule has 17 heavy (non-hydrogen) atoms. The minimum absolute atomic E-state index is 0.649. The minimum atomic E-state index is 0.649. The van der Waals surface area contributed by atoms with Gasteiger partial charge < -0.3 is 11.1 Å². The third-order valence-corrected chi connectivity index (χ3v) is 4.52. The molecule has 2 aromatic heterocycles. The van der Waals surface area contributed by atoms with E-state index in [9.17, 15) is 0 Å². The van der Waals surface area contributed by atoms with Crippen LogP contribution in [-0.4, -0.2) is 15.9 Å². The zero-order chi connectivity index (χ0) is 11.7. The van der Waals surface area contributed by atoms with Crippen LogP contribution in [0.5, 0.6) is 0 Å². The van der Waals surface area contributed by atoms with E-state index in [1.54, 1.807) is 11.3 Å². The predicted octanol–water partition coefficient (Wildman–Crippen LogP) is 2.71. The van der Waals surface area contributed by atoms with Crippen molar-refractivity contribution in [3.63, 3.8) is 0 Å². The average molecular weight is 266 g/mol. The third-order valence-electron chi connectivity index (χ3n) is 2.85. The van der Waals surface area contributed by atoms with Gasteiger partial charge in [-0.25, -0.2) is 4.98 Å². The highest BCUT2D eigenvalue weighted by Gasteiger charge is 2.30. The van der Waals surface area contributed by atoms with Crippen LogP contribution in [0, 0.1) is 0 Å². The number of rotatable bonds is 5. The molecule has 90 valence electrons. The molecule has 0 aromatic carbocycles. The molecule has 0 bridgehead atoms. The van der Waals surface area contributed by atoms with Crippen LogP contribution in [0.2, 0.25) is 0 Å². The van der Waals surface area contributed by atoms with E-state index in [-0.39, 0.29) is 0 Å². The fourth-order valence-corrected chi connectivity index (χ4v) is 3.31. The average Bonchev–Trinajstić information content (AvgIpc) is 2.88. The molecule has 1 aliphatic carbocycles. The first-order valence-corrected chi connectivity index (χ1v) is 7.37.